The molecule has 5 nitrogen and oxygen atoms in total. The molecular weight excluding hydrogens is 256 g/mol. The molecule has 0 aliphatic carbocycles. The second kappa shape index (κ2) is 6.61. The fraction of sp³-hybridized carbons (Fsp3) is 0.533. The van der Waals surface area contributed by atoms with Crippen LogP contribution in [-0.4, -0.2) is 37.9 Å². The number of aliphatic hydroxyl groups is 1. The third-order valence-electron chi connectivity index (χ3n) is 3.89. The zero-order valence-electron chi connectivity index (χ0n) is 11.8. The Morgan fingerprint density at radius 3 is 3.05 bits per heavy atom. The quantitative estimate of drug-likeness (QED) is 0.647. The average Bonchev–Trinajstić information content (AvgIpc) is 2.47. The van der Waals surface area contributed by atoms with E-state index in [1.807, 2.05) is 12.1 Å². The molecule has 0 spiro atoms. The SMILES string of the molecule is COC(=O)c1cccc(N2CCCC(CCO)C2)c1N. The summed E-state index contributed by atoms with van der Waals surface area (Å²) in [7, 11) is 1.35. The Balaban J connectivity index is 2.22. The van der Waals surface area contributed by atoms with Crippen LogP contribution in [0.2, 0.25) is 0 Å². The smallest absolute Gasteiger partial charge is 0.340 e. The predicted molar refractivity (Wildman–Crippen MR) is 78.8 cm³/mol. The van der Waals surface area contributed by atoms with Crippen molar-refractivity contribution in [1.82, 2.24) is 0 Å². The minimum absolute atomic E-state index is 0.218. The van der Waals surface area contributed by atoms with Gasteiger partial charge in [0.2, 0.25) is 0 Å². The first-order chi connectivity index (χ1) is 9.67. The Bertz CT molecular complexity index is 474. The zero-order chi connectivity index (χ0) is 14.5. The lowest BCUT2D eigenvalue weighted by Gasteiger charge is -2.35. The van der Waals surface area contributed by atoms with Gasteiger partial charge in [-0.05, 0) is 37.3 Å². The Morgan fingerprint density at radius 1 is 1.55 bits per heavy atom. The van der Waals surface area contributed by atoms with Crippen LogP contribution < -0.4 is 10.6 Å². The number of anilines is 2. The number of rotatable bonds is 4. The Hall–Kier alpha value is -1.75. The highest BCUT2D eigenvalue weighted by atomic mass is 16.5. The monoisotopic (exact) mass is 278 g/mol. The number of nitrogen functional groups attached to an aromatic ring is 1. The van der Waals surface area contributed by atoms with Gasteiger partial charge in [0, 0.05) is 19.7 Å². The summed E-state index contributed by atoms with van der Waals surface area (Å²) in [5.74, 6) is 0.0724. The number of nitrogens with two attached hydrogens (primary N) is 1. The highest BCUT2D eigenvalue weighted by Gasteiger charge is 2.23. The molecule has 1 aliphatic heterocycles. The summed E-state index contributed by atoms with van der Waals surface area (Å²) < 4.78 is 4.75. The van der Waals surface area contributed by atoms with E-state index < -0.39 is 5.97 Å². The molecule has 1 fully saturated rings. The van der Waals surface area contributed by atoms with Crippen molar-refractivity contribution in [1.29, 1.82) is 0 Å². The fourth-order valence-electron chi connectivity index (χ4n) is 2.82. The number of para-hydroxylation sites is 1. The van der Waals surface area contributed by atoms with Crippen LogP contribution in [0, 0.1) is 5.92 Å². The van der Waals surface area contributed by atoms with Gasteiger partial charge in [-0.1, -0.05) is 6.07 Å². The third-order valence-corrected chi connectivity index (χ3v) is 3.89. The van der Waals surface area contributed by atoms with Crippen LogP contribution in [0.4, 0.5) is 11.4 Å². The lowest BCUT2D eigenvalue weighted by atomic mass is 9.94. The van der Waals surface area contributed by atoms with Crippen LogP contribution in [0.3, 0.4) is 0 Å². The lowest BCUT2D eigenvalue weighted by molar-refractivity contribution is 0.0602. The van der Waals surface area contributed by atoms with Crippen molar-refractivity contribution in [2.75, 3.05) is 37.4 Å². The lowest BCUT2D eigenvalue weighted by Crippen LogP contribution is -2.36. The van der Waals surface area contributed by atoms with Crippen LogP contribution in [0.1, 0.15) is 29.6 Å². The van der Waals surface area contributed by atoms with E-state index in [2.05, 4.69) is 4.90 Å². The van der Waals surface area contributed by atoms with Crippen molar-refractivity contribution < 1.29 is 14.6 Å². The molecule has 1 unspecified atom stereocenters. The number of ether oxygens (including phenoxy) is 1. The number of piperidine rings is 1. The molecule has 1 saturated heterocycles. The van der Waals surface area contributed by atoms with Gasteiger partial charge < -0.3 is 20.5 Å². The number of hydrogen-bond acceptors (Lipinski definition) is 5. The van der Waals surface area contributed by atoms with Crippen molar-refractivity contribution in [3.05, 3.63) is 23.8 Å². The summed E-state index contributed by atoms with van der Waals surface area (Å²) in [5, 5.41) is 9.07. The predicted octanol–water partition coefficient (Wildman–Crippen LogP) is 1.65. The number of methoxy groups -OCH3 is 1. The molecule has 1 atom stereocenters. The molecule has 0 amide bonds. The number of carbonyl (C=O) groups is 1. The molecule has 20 heavy (non-hydrogen) atoms. The first-order valence-electron chi connectivity index (χ1n) is 7.00. The van der Waals surface area contributed by atoms with Crippen molar-refractivity contribution >= 4 is 17.3 Å². The largest absolute Gasteiger partial charge is 0.465 e. The summed E-state index contributed by atoms with van der Waals surface area (Å²) in [5.41, 5.74) is 7.89. The highest BCUT2D eigenvalue weighted by Crippen LogP contribution is 2.31. The van der Waals surface area contributed by atoms with E-state index in [0.29, 0.717) is 17.2 Å². The molecule has 0 aromatic heterocycles. The molecule has 3 N–H and O–H groups in total. The Kier molecular flexibility index (Phi) is 4.84. The third kappa shape index (κ3) is 3.04. The molecule has 1 aromatic rings. The van der Waals surface area contributed by atoms with E-state index >= 15 is 0 Å². The number of benzene rings is 1. The van der Waals surface area contributed by atoms with Gasteiger partial charge in [0.1, 0.15) is 0 Å². The normalized spacial score (nSPS) is 18.9. The van der Waals surface area contributed by atoms with Crippen LogP contribution in [0.5, 0.6) is 0 Å². The van der Waals surface area contributed by atoms with Gasteiger partial charge in [0.05, 0.1) is 24.0 Å². The van der Waals surface area contributed by atoms with Crippen molar-refractivity contribution in [2.45, 2.75) is 19.3 Å². The maximum Gasteiger partial charge on any atom is 0.340 e. The van der Waals surface area contributed by atoms with Gasteiger partial charge in [0.15, 0.2) is 0 Å². The van der Waals surface area contributed by atoms with Crippen molar-refractivity contribution in [3.63, 3.8) is 0 Å². The Morgan fingerprint density at radius 2 is 2.35 bits per heavy atom. The number of carbonyl (C=O) groups excluding carboxylic acids is 1. The molecule has 110 valence electrons. The molecule has 1 aromatic carbocycles. The van der Waals surface area contributed by atoms with Crippen LogP contribution in [-0.2, 0) is 4.74 Å². The molecule has 0 saturated carbocycles. The molecular formula is C15H22N2O3. The maximum atomic E-state index is 11.7. The summed E-state index contributed by atoms with van der Waals surface area (Å²) in [6.45, 7) is 2.02. The number of aliphatic hydroxyl groups excluding tert-OH is 1. The van der Waals surface area contributed by atoms with Gasteiger partial charge in [-0.3, -0.25) is 0 Å². The first-order valence-corrected chi connectivity index (χ1v) is 7.00. The number of nitrogens with zero attached hydrogens (tertiary/aromatic N) is 1. The summed E-state index contributed by atoms with van der Waals surface area (Å²) in [6.07, 6.45) is 3.02. The Labute approximate surface area is 119 Å². The van der Waals surface area contributed by atoms with Crippen LogP contribution in [0.25, 0.3) is 0 Å². The van der Waals surface area contributed by atoms with Gasteiger partial charge in [-0.2, -0.15) is 0 Å². The minimum atomic E-state index is -0.409. The minimum Gasteiger partial charge on any atom is -0.465 e. The highest BCUT2D eigenvalue weighted by molar-refractivity contribution is 5.98. The van der Waals surface area contributed by atoms with E-state index in [1.165, 1.54) is 7.11 Å². The fourth-order valence-corrected chi connectivity index (χ4v) is 2.82. The molecule has 2 rings (SSSR count). The summed E-state index contributed by atoms with van der Waals surface area (Å²) in [6, 6.07) is 5.44. The maximum absolute atomic E-state index is 11.7. The van der Waals surface area contributed by atoms with Crippen molar-refractivity contribution in [3.8, 4) is 0 Å². The van der Waals surface area contributed by atoms with E-state index in [4.69, 9.17) is 15.6 Å². The van der Waals surface area contributed by atoms with E-state index in [9.17, 15) is 4.79 Å². The topological polar surface area (TPSA) is 75.8 Å². The zero-order valence-corrected chi connectivity index (χ0v) is 11.8. The van der Waals surface area contributed by atoms with E-state index in [-0.39, 0.29) is 6.61 Å². The standard InChI is InChI=1S/C15H22N2O3/c1-20-15(19)12-5-2-6-13(14(12)16)17-8-3-4-11(10-17)7-9-18/h2,5-6,11,18H,3-4,7-10,16H2,1H3. The van der Waals surface area contributed by atoms with Crippen LogP contribution >= 0.6 is 0 Å². The molecule has 0 bridgehead atoms. The summed E-state index contributed by atoms with van der Waals surface area (Å²) in [4.78, 5) is 13.9. The molecule has 5 heteroatoms. The van der Waals surface area contributed by atoms with E-state index in [1.54, 1.807) is 6.07 Å². The average molecular weight is 278 g/mol. The van der Waals surface area contributed by atoms with Gasteiger partial charge >= 0.3 is 5.97 Å². The number of esters is 1. The molecule has 1 aliphatic rings. The van der Waals surface area contributed by atoms with Gasteiger partial charge in [0.25, 0.3) is 0 Å². The summed E-state index contributed by atoms with van der Waals surface area (Å²) >= 11 is 0. The van der Waals surface area contributed by atoms with E-state index in [0.717, 1.165) is 38.0 Å². The second-order valence-electron chi connectivity index (χ2n) is 5.20. The van der Waals surface area contributed by atoms with Gasteiger partial charge in [-0.15, -0.1) is 0 Å². The van der Waals surface area contributed by atoms with Crippen LogP contribution in [0.15, 0.2) is 18.2 Å². The van der Waals surface area contributed by atoms with Gasteiger partial charge in [-0.25, -0.2) is 4.79 Å². The molecule has 1 heterocycles. The number of hydrogen-bond donors (Lipinski definition) is 2. The second-order valence-corrected chi connectivity index (χ2v) is 5.20. The molecule has 0 radical (unpaired) electrons. The van der Waals surface area contributed by atoms with Crippen molar-refractivity contribution in [2.24, 2.45) is 5.92 Å². The first kappa shape index (κ1) is 14.7.